The van der Waals surface area contributed by atoms with E-state index < -0.39 is 0 Å². The summed E-state index contributed by atoms with van der Waals surface area (Å²) in [5.41, 5.74) is 9.41. The normalized spacial score (nSPS) is 11.1. The summed E-state index contributed by atoms with van der Waals surface area (Å²) in [5, 5.41) is 3.57. The molecule has 0 aliphatic rings. The summed E-state index contributed by atoms with van der Waals surface area (Å²) >= 11 is 0. The van der Waals surface area contributed by atoms with Crippen molar-refractivity contribution in [1.82, 2.24) is 9.13 Å². The van der Waals surface area contributed by atoms with Crippen LogP contribution in [0.15, 0.2) is 66.1 Å². The zero-order chi connectivity index (χ0) is 23.9. The highest BCUT2D eigenvalue weighted by Crippen LogP contribution is 2.34. The molecule has 0 radical (unpaired) electrons. The number of anilines is 1. The summed E-state index contributed by atoms with van der Waals surface area (Å²) in [6.07, 6.45) is 3.90. The van der Waals surface area contributed by atoms with Crippen LogP contribution in [0.1, 0.15) is 27.9 Å². The lowest BCUT2D eigenvalue weighted by molar-refractivity contribution is -0.111. The third-order valence-corrected chi connectivity index (χ3v) is 6.47. The van der Waals surface area contributed by atoms with Crippen LogP contribution in [0, 0.1) is 20.8 Å². The second kappa shape index (κ2) is 8.58. The smallest absolute Gasteiger partial charge is 0.259 e. The summed E-state index contributed by atoms with van der Waals surface area (Å²) < 4.78 is 3.69. The fourth-order valence-corrected chi connectivity index (χ4v) is 4.49. The molecule has 0 aliphatic carbocycles. The number of nitrogens with one attached hydrogen (secondary N) is 1. The lowest BCUT2D eigenvalue weighted by Gasteiger charge is -2.17. The molecule has 2 aromatic carbocycles. The van der Waals surface area contributed by atoms with Crippen LogP contribution in [-0.4, -0.2) is 15.0 Å². The number of benzene rings is 2. The Morgan fingerprint density at radius 1 is 1.03 bits per heavy atom. The number of amides is 1. The van der Waals surface area contributed by atoms with Gasteiger partial charge in [-0.3, -0.25) is 9.59 Å². The monoisotopic (exact) mass is 439 g/mol. The molecule has 5 nitrogen and oxygen atoms in total. The van der Waals surface area contributed by atoms with E-state index in [0.29, 0.717) is 11.1 Å². The van der Waals surface area contributed by atoms with Crippen LogP contribution >= 0.6 is 0 Å². The summed E-state index contributed by atoms with van der Waals surface area (Å²) in [7, 11) is 3.76. The number of carbonyl (C=O) groups excluding carboxylic acids is 1. The molecule has 2 aromatic heterocycles. The van der Waals surface area contributed by atoms with Crippen LogP contribution in [0.2, 0.25) is 0 Å². The van der Waals surface area contributed by atoms with Gasteiger partial charge < -0.3 is 14.5 Å². The Kier molecular flexibility index (Phi) is 5.81. The van der Waals surface area contributed by atoms with Gasteiger partial charge in [-0.05, 0) is 79.3 Å². The molecule has 1 N–H and O–H groups in total. The second-order valence-electron chi connectivity index (χ2n) is 8.68. The van der Waals surface area contributed by atoms with Crippen LogP contribution in [0.25, 0.3) is 22.0 Å². The number of carbonyl (C=O) groups is 1. The van der Waals surface area contributed by atoms with Gasteiger partial charge in [0.1, 0.15) is 0 Å². The highest BCUT2D eigenvalue weighted by molar-refractivity contribution is 6.00. The Balaban J connectivity index is 2.01. The minimum atomic E-state index is -0.260. The molecule has 0 atom stereocenters. The first-order valence-electron chi connectivity index (χ1n) is 11.0. The van der Waals surface area contributed by atoms with E-state index in [4.69, 9.17) is 0 Å². The average molecular weight is 440 g/mol. The fraction of sp³-hybridized carbons (Fsp3) is 0.214. The first kappa shape index (κ1) is 22.3. The van der Waals surface area contributed by atoms with Crippen LogP contribution in [-0.2, 0) is 25.3 Å². The van der Waals surface area contributed by atoms with Gasteiger partial charge >= 0.3 is 0 Å². The molecule has 0 fully saturated rings. The standard InChI is InChI=1S/C28H29N3O2/c1-7-26(32)29-21-12-11-20(14-22-17(2)9-8-10-18(22)3)23(15-21)25-16-30(5)28(33)24-13-19(4)31(6)27(24)25/h7-13,15-16H,1,14H2,2-6H3,(H,29,32). The Labute approximate surface area is 194 Å². The minimum Gasteiger partial charge on any atom is -0.347 e. The van der Waals surface area contributed by atoms with Crippen LogP contribution in [0.5, 0.6) is 0 Å². The molecule has 0 aliphatic heterocycles. The molecule has 0 saturated carbocycles. The maximum Gasteiger partial charge on any atom is 0.259 e. The maximum absolute atomic E-state index is 12.9. The molecule has 0 saturated heterocycles. The van der Waals surface area contributed by atoms with E-state index in [0.717, 1.165) is 34.3 Å². The van der Waals surface area contributed by atoms with Crippen molar-refractivity contribution in [2.24, 2.45) is 14.1 Å². The van der Waals surface area contributed by atoms with E-state index >= 15 is 0 Å². The highest BCUT2D eigenvalue weighted by atomic mass is 16.1. The zero-order valence-electron chi connectivity index (χ0n) is 19.8. The average Bonchev–Trinajstić information content (AvgIpc) is 3.09. The molecule has 5 heteroatoms. The fourth-order valence-electron chi connectivity index (χ4n) is 4.49. The Bertz CT molecular complexity index is 1450. The van der Waals surface area contributed by atoms with Gasteiger partial charge in [0, 0.05) is 37.2 Å². The molecule has 0 spiro atoms. The molecule has 1 amide bonds. The van der Waals surface area contributed by atoms with Gasteiger partial charge in [0.2, 0.25) is 5.91 Å². The Morgan fingerprint density at radius 3 is 2.39 bits per heavy atom. The van der Waals surface area contributed by atoms with Crippen LogP contribution in [0.4, 0.5) is 5.69 Å². The van der Waals surface area contributed by atoms with Gasteiger partial charge in [-0.2, -0.15) is 0 Å². The first-order chi connectivity index (χ1) is 15.7. The molecule has 4 aromatic rings. The minimum absolute atomic E-state index is 0.0233. The topological polar surface area (TPSA) is 56.0 Å². The number of fused-ring (bicyclic) bond motifs is 1. The van der Waals surface area contributed by atoms with Crippen LogP contribution in [0.3, 0.4) is 0 Å². The molecule has 0 bridgehead atoms. The summed E-state index contributed by atoms with van der Waals surface area (Å²) in [4.78, 5) is 24.9. The molecule has 33 heavy (non-hydrogen) atoms. The van der Waals surface area contributed by atoms with Crippen molar-refractivity contribution in [3.63, 3.8) is 0 Å². The molecular formula is C28H29N3O2. The van der Waals surface area contributed by atoms with Crippen molar-refractivity contribution in [3.8, 4) is 11.1 Å². The van der Waals surface area contributed by atoms with Crippen molar-refractivity contribution in [2.75, 3.05) is 5.32 Å². The Hall–Kier alpha value is -3.86. The van der Waals surface area contributed by atoms with Crippen LogP contribution < -0.4 is 10.9 Å². The van der Waals surface area contributed by atoms with Gasteiger partial charge in [0.05, 0.1) is 10.9 Å². The predicted molar refractivity (Wildman–Crippen MR) is 136 cm³/mol. The summed E-state index contributed by atoms with van der Waals surface area (Å²) in [5.74, 6) is -0.260. The van der Waals surface area contributed by atoms with Crippen molar-refractivity contribution in [1.29, 1.82) is 0 Å². The lowest BCUT2D eigenvalue weighted by atomic mass is 9.90. The molecular weight excluding hydrogens is 410 g/mol. The summed E-state index contributed by atoms with van der Waals surface area (Å²) in [6, 6.07) is 14.3. The van der Waals surface area contributed by atoms with Gasteiger partial charge in [-0.1, -0.05) is 30.8 Å². The number of hydrogen-bond acceptors (Lipinski definition) is 2. The molecule has 4 rings (SSSR count). The number of hydrogen-bond donors (Lipinski definition) is 1. The van der Waals surface area contributed by atoms with E-state index in [1.807, 2.05) is 38.4 Å². The molecule has 168 valence electrons. The van der Waals surface area contributed by atoms with Gasteiger partial charge in [-0.15, -0.1) is 0 Å². The van der Waals surface area contributed by atoms with Crippen molar-refractivity contribution >= 4 is 22.5 Å². The van der Waals surface area contributed by atoms with Crippen molar-refractivity contribution < 1.29 is 4.79 Å². The SMILES string of the molecule is C=CC(=O)Nc1ccc(Cc2c(C)cccc2C)c(-c2cn(C)c(=O)c3cc(C)n(C)c23)c1. The Morgan fingerprint density at radius 2 is 1.73 bits per heavy atom. The lowest BCUT2D eigenvalue weighted by Crippen LogP contribution is -2.16. The van der Waals surface area contributed by atoms with E-state index in [-0.39, 0.29) is 11.5 Å². The summed E-state index contributed by atoms with van der Waals surface area (Å²) in [6.45, 7) is 9.82. The predicted octanol–water partition coefficient (Wildman–Crippen LogP) is 5.18. The largest absolute Gasteiger partial charge is 0.347 e. The van der Waals surface area contributed by atoms with Crippen molar-refractivity contribution in [2.45, 2.75) is 27.2 Å². The highest BCUT2D eigenvalue weighted by Gasteiger charge is 2.18. The van der Waals surface area contributed by atoms with Gasteiger partial charge in [0.25, 0.3) is 5.56 Å². The third kappa shape index (κ3) is 4.02. The number of aromatic nitrogens is 2. The maximum atomic E-state index is 12.9. The first-order valence-corrected chi connectivity index (χ1v) is 11.0. The third-order valence-electron chi connectivity index (χ3n) is 6.47. The van der Waals surface area contributed by atoms with E-state index in [9.17, 15) is 9.59 Å². The van der Waals surface area contributed by atoms with Gasteiger partial charge in [-0.25, -0.2) is 0 Å². The number of aryl methyl sites for hydroxylation is 5. The molecule has 0 unspecified atom stereocenters. The quantitative estimate of drug-likeness (QED) is 0.436. The molecule has 2 heterocycles. The van der Waals surface area contributed by atoms with E-state index in [1.165, 1.54) is 22.8 Å². The number of nitrogens with zero attached hydrogens (tertiary/aromatic N) is 2. The second-order valence-corrected chi connectivity index (χ2v) is 8.68. The number of rotatable bonds is 5. The van der Waals surface area contributed by atoms with Gasteiger partial charge in [0.15, 0.2) is 0 Å². The zero-order valence-corrected chi connectivity index (χ0v) is 19.8. The van der Waals surface area contributed by atoms with E-state index in [1.54, 1.807) is 11.6 Å². The van der Waals surface area contributed by atoms with Crippen molar-refractivity contribution in [3.05, 3.63) is 99.6 Å². The van der Waals surface area contributed by atoms with E-state index in [2.05, 4.69) is 54.6 Å². The number of pyridine rings is 1.